The van der Waals surface area contributed by atoms with E-state index < -0.39 is 5.97 Å². The summed E-state index contributed by atoms with van der Waals surface area (Å²) in [6.45, 7) is 4.14. The predicted molar refractivity (Wildman–Crippen MR) is 70.8 cm³/mol. The fraction of sp³-hybridized carbons (Fsp3) is 0.385. The molecule has 2 rings (SSSR count). The van der Waals surface area contributed by atoms with Crippen molar-refractivity contribution < 1.29 is 9.90 Å². The molecule has 0 aliphatic rings. The zero-order chi connectivity index (χ0) is 13.4. The van der Waals surface area contributed by atoms with E-state index in [1.807, 2.05) is 23.8 Å². The summed E-state index contributed by atoms with van der Waals surface area (Å²) in [7, 11) is 3.83. The molecular formula is C13H17N3O2. The van der Waals surface area contributed by atoms with Gasteiger partial charge < -0.3 is 10.1 Å². The van der Waals surface area contributed by atoms with Crippen LogP contribution in [0.15, 0.2) is 18.2 Å². The average Bonchev–Trinajstić information content (AvgIpc) is 2.66. The molecule has 0 spiro atoms. The topological polar surface area (TPSA) is 58.4 Å². The van der Waals surface area contributed by atoms with Crippen molar-refractivity contribution in [1.82, 2.24) is 9.66 Å². The third kappa shape index (κ3) is 1.92. The molecule has 0 unspecified atom stereocenters. The molecule has 0 saturated carbocycles. The molecule has 96 valence electrons. The summed E-state index contributed by atoms with van der Waals surface area (Å²) >= 11 is 0. The van der Waals surface area contributed by atoms with Gasteiger partial charge in [-0.25, -0.2) is 14.5 Å². The van der Waals surface area contributed by atoms with Crippen molar-refractivity contribution in [2.24, 2.45) is 0 Å². The van der Waals surface area contributed by atoms with Gasteiger partial charge in [0.1, 0.15) is 5.82 Å². The van der Waals surface area contributed by atoms with Gasteiger partial charge in [0.15, 0.2) is 0 Å². The van der Waals surface area contributed by atoms with Crippen molar-refractivity contribution in [2.45, 2.75) is 19.8 Å². The highest BCUT2D eigenvalue weighted by molar-refractivity contribution is 5.92. The van der Waals surface area contributed by atoms with E-state index in [-0.39, 0.29) is 11.5 Å². The lowest BCUT2D eigenvalue weighted by molar-refractivity contribution is 0.0697. The first-order chi connectivity index (χ1) is 8.41. The minimum absolute atomic E-state index is 0.271. The predicted octanol–water partition coefficient (Wildman–Crippen LogP) is 2.06. The molecule has 5 nitrogen and oxygen atoms in total. The van der Waals surface area contributed by atoms with E-state index in [0.717, 1.165) is 16.9 Å². The van der Waals surface area contributed by atoms with Crippen LogP contribution < -0.4 is 5.01 Å². The molecule has 1 aromatic heterocycles. The largest absolute Gasteiger partial charge is 0.478 e. The van der Waals surface area contributed by atoms with Gasteiger partial charge in [-0.15, -0.1) is 0 Å². The molecule has 2 aromatic rings. The number of carbonyl (C=O) groups is 1. The fourth-order valence-electron chi connectivity index (χ4n) is 2.01. The molecule has 0 fully saturated rings. The second-order valence-corrected chi connectivity index (χ2v) is 4.79. The Bertz CT molecular complexity index is 600. The number of benzene rings is 1. The van der Waals surface area contributed by atoms with Crippen LogP contribution in [0.3, 0.4) is 0 Å². The van der Waals surface area contributed by atoms with Crippen LogP contribution in [0.2, 0.25) is 0 Å². The van der Waals surface area contributed by atoms with Crippen molar-refractivity contribution in [2.75, 3.05) is 19.1 Å². The van der Waals surface area contributed by atoms with Crippen molar-refractivity contribution in [3.63, 3.8) is 0 Å². The van der Waals surface area contributed by atoms with Gasteiger partial charge in [0.2, 0.25) is 0 Å². The highest BCUT2D eigenvalue weighted by atomic mass is 16.4. The van der Waals surface area contributed by atoms with E-state index in [9.17, 15) is 4.79 Å². The summed E-state index contributed by atoms with van der Waals surface area (Å²) in [6.07, 6.45) is 0. The van der Waals surface area contributed by atoms with E-state index in [1.54, 1.807) is 18.2 Å². The number of carboxylic acids is 1. The van der Waals surface area contributed by atoms with Gasteiger partial charge in [0.05, 0.1) is 16.6 Å². The molecule has 5 heteroatoms. The Morgan fingerprint density at radius 1 is 1.39 bits per heavy atom. The molecule has 0 amide bonds. The van der Waals surface area contributed by atoms with E-state index in [2.05, 4.69) is 18.8 Å². The highest BCUT2D eigenvalue weighted by Gasteiger charge is 2.16. The van der Waals surface area contributed by atoms with Gasteiger partial charge in [-0.05, 0) is 18.2 Å². The zero-order valence-corrected chi connectivity index (χ0v) is 11.0. The molecule has 1 N–H and O–H groups in total. The van der Waals surface area contributed by atoms with Crippen LogP contribution in [-0.4, -0.2) is 34.8 Å². The summed E-state index contributed by atoms with van der Waals surface area (Å²) in [6, 6.07) is 5.00. The molecule has 1 aromatic carbocycles. The van der Waals surface area contributed by atoms with E-state index in [1.165, 1.54) is 0 Å². The Hall–Kier alpha value is -2.04. The van der Waals surface area contributed by atoms with Crippen LogP contribution in [0.1, 0.15) is 35.9 Å². The van der Waals surface area contributed by atoms with E-state index >= 15 is 0 Å². The molecule has 0 bridgehead atoms. The second-order valence-electron chi connectivity index (χ2n) is 4.79. The maximum Gasteiger partial charge on any atom is 0.335 e. The number of imidazole rings is 1. The Labute approximate surface area is 106 Å². The third-order valence-corrected chi connectivity index (χ3v) is 2.82. The summed E-state index contributed by atoms with van der Waals surface area (Å²) in [5, 5.41) is 11.0. The number of aromatic carboxylic acids is 1. The minimum atomic E-state index is -0.922. The second kappa shape index (κ2) is 4.33. The van der Waals surface area contributed by atoms with Gasteiger partial charge >= 0.3 is 5.97 Å². The summed E-state index contributed by atoms with van der Waals surface area (Å²) in [4.78, 5) is 15.6. The van der Waals surface area contributed by atoms with Gasteiger partial charge in [0, 0.05) is 20.0 Å². The minimum Gasteiger partial charge on any atom is -0.478 e. The quantitative estimate of drug-likeness (QED) is 0.902. The Balaban J connectivity index is 2.75. The van der Waals surface area contributed by atoms with Crippen LogP contribution in [0.4, 0.5) is 0 Å². The molecule has 18 heavy (non-hydrogen) atoms. The Morgan fingerprint density at radius 2 is 2.06 bits per heavy atom. The number of nitrogens with zero attached hydrogens (tertiary/aromatic N) is 3. The summed E-state index contributed by atoms with van der Waals surface area (Å²) < 4.78 is 1.95. The number of fused-ring (bicyclic) bond motifs is 1. The van der Waals surface area contributed by atoms with Crippen LogP contribution in [0, 0.1) is 0 Å². The van der Waals surface area contributed by atoms with Crippen molar-refractivity contribution >= 4 is 17.0 Å². The van der Waals surface area contributed by atoms with Crippen LogP contribution in [-0.2, 0) is 0 Å². The fourth-order valence-corrected chi connectivity index (χ4v) is 2.01. The van der Waals surface area contributed by atoms with Crippen LogP contribution in [0.5, 0.6) is 0 Å². The van der Waals surface area contributed by atoms with Crippen molar-refractivity contribution in [1.29, 1.82) is 0 Å². The lowest BCUT2D eigenvalue weighted by Gasteiger charge is -2.19. The van der Waals surface area contributed by atoms with Gasteiger partial charge in [0.25, 0.3) is 0 Å². The molecule has 0 aliphatic heterocycles. The summed E-state index contributed by atoms with van der Waals surface area (Å²) in [5.74, 6) is 0.278. The van der Waals surface area contributed by atoms with Crippen LogP contribution in [0.25, 0.3) is 11.0 Å². The molecule has 0 radical (unpaired) electrons. The lowest BCUT2D eigenvalue weighted by Crippen LogP contribution is -2.27. The highest BCUT2D eigenvalue weighted by Crippen LogP contribution is 2.22. The van der Waals surface area contributed by atoms with E-state index in [4.69, 9.17) is 5.11 Å². The molecule has 0 atom stereocenters. The number of hydrogen-bond acceptors (Lipinski definition) is 3. The normalized spacial score (nSPS) is 11.2. The molecule has 0 aliphatic carbocycles. The third-order valence-electron chi connectivity index (χ3n) is 2.82. The van der Waals surface area contributed by atoms with Crippen LogP contribution >= 0.6 is 0 Å². The molecular weight excluding hydrogens is 230 g/mol. The van der Waals surface area contributed by atoms with Crippen molar-refractivity contribution in [3.05, 3.63) is 29.6 Å². The number of hydrogen-bond donors (Lipinski definition) is 1. The first-order valence-electron chi connectivity index (χ1n) is 5.85. The maximum absolute atomic E-state index is 11.0. The number of rotatable bonds is 3. The SMILES string of the molecule is CC(C)c1nc2ccc(C(=O)O)cc2n1N(C)C. The first kappa shape index (κ1) is 12.4. The smallest absolute Gasteiger partial charge is 0.335 e. The standard InChI is InChI=1S/C13H17N3O2/c1-8(2)12-14-10-6-5-9(13(17)18)7-11(10)16(12)15(3)4/h5-8H,1-4H3,(H,17,18). The van der Waals surface area contributed by atoms with Gasteiger partial charge in [-0.1, -0.05) is 13.8 Å². The van der Waals surface area contributed by atoms with Crippen molar-refractivity contribution in [3.8, 4) is 0 Å². The molecule has 0 saturated heterocycles. The monoisotopic (exact) mass is 247 g/mol. The average molecular weight is 247 g/mol. The summed E-state index contributed by atoms with van der Waals surface area (Å²) in [5.41, 5.74) is 1.92. The van der Waals surface area contributed by atoms with E-state index in [0.29, 0.717) is 0 Å². The maximum atomic E-state index is 11.0. The Morgan fingerprint density at radius 3 is 2.56 bits per heavy atom. The lowest BCUT2D eigenvalue weighted by atomic mass is 10.2. The van der Waals surface area contributed by atoms with Gasteiger partial charge in [-0.2, -0.15) is 0 Å². The zero-order valence-electron chi connectivity index (χ0n) is 11.0. The van der Waals surface area contributed by atoms with Gasteiger partial charge in [-0.3, -0.25) is 0 Å². The first-order valence-corrected chi connectivity index (χ1v) is 5.85. The Kier molecular flexibility index (Phi) is 2.98. The number of carboxylic acid groups (broad SMARTS) is 1. The molecule has 1 heterocycles. The number of aromatic nitrogens is 2.